The average molecular weight is 334 g/mol. The molecule has 2 aromatic rings. The van der Waals surface area contributed by atoms with Crippen molar-refractivity contribution in [2.45, 2.75) is 20.3 Å². The van der Waals surface area contributed by atoms with Gasteiger partial charge in [-0.05, 0) is 61.2 Å². The Morgan fingerprint density at radius 1 is 1.05 bits per heavy atom. The molecule has 0 unspecified atom stereocenters. The molecule has 0 heterocycles. The second-order valence-electron chi connectivity index (χ2n) is 4.95. The first-order chi connectivity index (χ1) is 9.60. The predicted octanol–water partition coefficient (Wildman–Crippen LogP) is 4.73. The number of halogens is 1. The van der Waals surface area contributed by atoms with Crippen LogP contribution in [0.4, 0.5) is 5.69 Å². The quantitative estimate of drug-likeness (QED) is 0.854. The van der Waals surface area contributed by atoms with E-state index in [0.29, 0.717) is 0 Å². The minimum absolute atomic E-state index is 0.904. The van der Waals surface area contributed by atoms with Gasteiger partial charge in [0.2, 0.25) is 0 Å². The Bertz CT molecular complexity index is 555. The molecule has 0 saturated carbocycles. The van der Waals surface area contributed by atoms with E-state index in [1.54, 1.807) is 7.11 Å². The molecular formula is C17H20BrNO. The van der Waals surface area contributed by atoms with E-state index in [2.05, 4.69) is 59.4 Å². The van der Waals surface area contributed by atoms with Gasteiger partial charge in [-0.2, -0.15) is 0 Å². The van der Waals surface area contributed by atoms with Crippen LogP contribution in [0.5, 0.6) is 5.75 Å². The highest BCUT2D eigenvalue weighted by Crippen LogP contribution is 2.25. The first kappa shape index (κ1) is 14.9. The fourth-order valence-corrected chi connectivity index (χ4v) is 2.42. The van der Waals surface area contributed by atoms with Crippen molar-refractivity contribution in [1.82, 2.24) is 0 Å². The van der Waals surface area contributed by atoms with Gasteiger partial charge in [0.05, 0.1) is 7.11 Å². The zero-order valence-corrected chi connectivity index (χ0v) is 13.8. The molecule has 1 N–H and O–H groups in total. The van der Waals surface area contributed by atoms with Crippen molar-refractivity contribution < 1.29 is 4.74 Å². The first-order valence-electron chi connectivity index (χ1n) is 6.73. The first-order valence-corrected chi connectivity index (χ1v) is 7.53. The maximum atomic E-state index is 5.16. The predicted molar refractivity (Wildman–Crippen MR) is 88.8 cm³/mol. The summed E-state index contributed by atoms with van der Waals surface area (Å²) in [7, 11) is 1.69. The number of hydrogen-bond acceptors (Lipinski definition) is 2. The molecule has 0 saturated heterocycles. The molecule has 0 amide bonds. The number of aryl methyl sites for hydroxylation is 2. The summed E-state index contributed by atoms with van der Waals surface area (Å²) in [6.07, 6.45) is 0.998. The highest BCUT2D eigenvalue weighted by atomic mass is 79.9. The maximum Gasteiger partial charge on any atom is 0.118 e. The molecule has 2 rings (SSSR count). The summed E-state index contributed by atoms with van der Waals surface area (Å²) in [5.41, 5.74) is 5.01. The monoisotopic (exact) mass is 333 g/mol. The SMILES string of the molecule is COc1ccc(CCNc2cc(C)c(Br)c(C)c2)cc1. The Labute approximate surface area is 129 Å². The molecule has 0 spiro atoms. The molecule has 0 bridgehead atoms. The Morgan fingerprint density at radius 3 is 2.20 bits per heavy atom. The third-order valence-corrected chi connectivity index (χ3v) is 4.59. The number of methoxy groups -OCH3 is 1. The molecule has 0 aliphatic carbocycles. The van der Waals surface area contributed by atoms with Crippen molar-refractivity contribution in [1.29, 1.82) is 0 Å². The van der Waals surface area contributed by atoms with E-state index in [9.17, 15) is 0 Å². The number of anilines is 1. The minimum Gasteiger partial charge on any atom is -0.497 e. The van der Waals surface area contributed by atoms with Crippen LogP contribution in [0.1, 0.15) is 16.7 Å². The number of benzene rings is 2. The van der Waals surface area contributed by atoms with Crippen LogP contribution in [-0.2, 0) is 6.42 Å². The molecule has 0 fully saturated rings. The van der Waals surface area contributed by atoms with E-state index in [4.69, 9.17) is 4.74 Å². The fourth-order valence-electron chi connectivity index (χ4n) is 2.19. The van der Waals surface area contributed by atoms with E-state index in [0.717, 1.165) is 18.7 Å². The van der Waals surface area contributed by atoms with Crippen molar-refractivity contribution >= 4 is 21.6 Å². The van der Waals surface area contributed by atoms with Crippen molar-refractivity contribution in [3.8, 4) is 5.75 Å². The third kappa shape index (κ3) is 3.76. The summed E-state index contributed by atoms with van der Waals surface area (Å²) >= 11 is 3.59. The molecule has 0 aliphatic rings. The van der Waals surface area contributed by atoms with Gasteiger partial charge in [-0.15, -0.1) is 0 Å². The summed E-state index contributed by atoms with van der Waals surface area (Å²) in [4.78, 5) is 0. The Kier molecular flexibility index (Phi) is 5.07. The van der Waals surface area contributed by atoms with Crippen molar-refractivity contribution in [2.24, 2.45) is 0 Å². The van der Waals surface area contributed by atoms with Gasteiger partial charge in [0.15, 0.2) is 0 Å². The largest absolute Gasteiger partial charge is 0.497 e. The van der Waals surface area contributed by atoms with Crippen LogP contribution < -0.4 is 10.1 Å². The van der Waals surface area contributed by atoms with Crippen LogP contribution in [-0.4, -0.2) is 13.7 Å². The van der Waals surface area contributed by atoms with E-state index >= 15 is 0 Å². The van der Waals surface area contributed by atoms with Crippen LogP contribution in [0.25, 0.3) is 0 Å². The van der Waals surface area contributed by atoms with Gasteiger partial charge < -0.3 is 10.1 Å². The van der Waals surface area contributed by atoms with Gasteiger partial charge >= 0.3 is 0 Å². The van der Waals surface area contributed by atoms with Crippen LogP contribution in [0, 0.1) is 13.8 Å². The molecule has 0 aromatic heterocycles. The number of ether oxygens (including phenoxy) is 1. The second-order valence-corrected chi connectivity index (χ2v) is 5.74. The molecule has 0 radical (unpaired) electrons. The van der Waals surface area contributed by atoms with Gasteiger partial charge in [-0.25, -0.2) is 0 Å². The van der Waals surface area contributed by atoms with Gasteiger partial charge in [0.1, 0.15) is 5.75 Å². The van der Waals surface area contributed by atoms with E-state index in [-0.39, 0.29) is 0 Å². The lowest BCUT2D eigenvalue weighted by Crippen LogP contribution is -2.05. The molecule has 0 atom stereocenters. The van der Waals surface area contributed by atoms with Crippen LogP contribution >= 0.6 is 15.9 Å². The summed E-state index contributed by atoms with van der Waals surface area (Å²) in [5, 5.41) is 3.48. The summed E-state index contributed by atoms with van der Waals surface area (Å²) in [6, 6.07) is 12.6. The summed E-state index contributed by atoms with van der Waals surface area (Å²) in [5.74, 6) is 0.904. The van der Waals surface area contributed by atoms with Crippen molar-refractivity contribution in [2.75, 3.05) is 19.0 Å². The second kappa shape index (κ2) is 6.80. The lowest BCUT2D eigenvalue weighted by atomic mass is 10.1. The van der Waals surface area contributed by atoms with E-state index in [1.807, 2.05) is 12.1 Å². The van der Waals surface area contributed by atoms with E-state index < -0.39 is 0 Å². The highest BCUT2D eigenvalue weighted by molar-refractivity contribution is 9.10. The van der Waals surface area contributed by atoms with Crippen molar-refractivity contribution in [3.63, 3.8) is 0 Å². The normalized spacial score (nSPS) is 10.4. The molecular weight excluding hydrogens is 314 g/mol. The fraction of sp³-hybridized carbons (Fsp3) is 0.294. The zero-order valence-electron chi connectivity index (χ0n) is 12.2. The van der Waals surface area contributed by atoms with Gasteiger partial charge in [0, 0.05) is 16.7 Å². The van der Waals surface area contributed by atoms with E-state index in [1.165, 1.54) is 26.9 Å². The standard InChI is InChI=1S/C17H20BrNO/c1-12-10-15(11-13(2)17(12)18)19-9-8-14-4-6-16(20-3)7-5-14/h4-7,10-11,19H,8-9H2,1-3H3. The molecule has 2 nitrogen and oxygen atoms in total. The Hall–Kier alpha value is -1.48. The molecule has 3 heteroatoms. The number of nitrogens with one attached hydrogen (secondary N) is 1. The third-order valence-electron chi connectivity index (χ3n) is 3.34. The number of rotatable bonds is 5. The number of hydrogen-bond donors (Lipinski definition) is 1. The molecule has 2 aromatic carbocycles. The molecule has 20 heavy (non-hydrogen) atoms. The highest BCUT2D eigenvalue weighted by Gasteiger charge is 2.02. The average Bonchev–Trinajstić information content (AvgIpc) is 2.45. The smallest absolute Gasteiger partial charge is 0.118 e. The maximum absolute atomic E-state index is 5.16. The Balaban J connectivity index is 1.92. The minimum atomic E-state index is 0.904. The lowest BCUT2D eigenvalue weighted by molar-refractivity contribution is 0.414. The summed E-state index contributed by atoms with van der Waals surface area (Å²) < 4.78 is 6.35. The summed E-state index contributed by atoms with van der Waals surface area (Å²) in [6.45, 7) is 5.16. The zero-order chi connectivity index (χ0) is 14.5. The lowest BCUT2D eigenvalue weighted by Gasteiger charge is -2.11. The van der Waals surface area contributed by atoms with Gasteiger partial charge in [-0.1, -0.05) is 28.1 Å². The van der Waals surface area contributed by atoms with Crippen LogP contribution in [0.2, 0.25) is 0 Å². The van der Waals surface area contributed by atoms with Gasteiger partial charge in [0.25, 0.3) is 0 Å². The Morgan fingerprint density at radius 2 is 1.65 bits per heavy atom. The topological polar surface area (TPSA) is 21.3 Å². The molecule has 106 valence electrons. The van der Waals surface area contributed by atoms with Gasteiger partial charge in [-0.3, -0.25) is 0 Å². The van der Waals surface area contributed by atoms with Crippen LogP contribution in [0.3, 0.4) is 0 Å². The van der Waals surface area contributed by atoms with Crippen molar-refractivity contribution in [3.05, 3.63) is 57.6 Å². The van der Waals surface area contributed by atoms with Crippen LogP contribution in [0.15, 0.2) is 40.9 Å². The molecule has 0 aliphatic heterocycles.